The van der Waals surface area contributed by atoms with Gasteiger partial charge in [-0.05, 0) is 6.07 Å². The molecule has 16 heavy (non-hydrogen) atoms. The van der Waals surface area contributed by atoms with Crippen LogP contribution in [0.3, 0.4) is 0 Å². The molecular weight excluding hydrogens is 271 g/mol. The molecule has 0 N–H and O–H groups in total. The highest BCUT2D eigenvalue weighted by Crippen LogP contribution is 2.33. The molecule has 0 spiro atoms. The van der Waals surface area contributed by atoms with Crippen LogP contribution < -0.4 is 4.74 Å². The van der Waals surface area contributed by atoms with Gasteiger partial charge in [-0.3, -0.25) is 0 Å². The fourth-order valence-electron chi connectivity index (χ4n) is 0.915. The topological polar surface area (TPSA) is 56.3 Å². The van der Waals surface area contributed by atoms with Gasteiger partial charge in [-0.15, -0.1) is 0 Å². The lowest BCUT2D eigenvalue weighted by Gasteiger charge is -2.09. The first kappa shape index (κ1) is 13.0. The molecule has 0 aromatic carbocycles. The van der Waals surface area contributed by atoms with Crippen molar-refractivity contribution in [2.24, 2.45) is 0 Å². The Morgan fingerprint density at radius 1 is 1.44 bits per heavy atom. The van der Waals surface area contributed by atoms with Gasteiger partial charge in [0.05, 0.1) is 12.7 Å². The normalized spacial score (nSPS) is 12.6. The standard InChI is InChI=1S/C7H5ClF3NO3S/c1-15-6-5(16(8,13)14)2-4(3-12-6)7(9,10)11/h2-3H,1H3. The molecule has 0 bridgehead atoms. The molecule has 0 saturated heterocycles. The third kappa shape index (κ3) is 2.76. The van der Waals surface area contributed by atoms with Crippen LogP contribution in [0.15, 0.2) is 17.2 Å². The number of alkyl halides is 3. The lowest BCUT2D eigenvalue weighted by molar-refractivity contribution is -0.138. The van der Waals surface area contributed by atoms with Crippen molar-refractivity contribution in [1.82, 2.24) is 4.98 Å². The zero-order valence-electron chi connectivity index (χ0n) is 7.75. The number of ether oxygens (including phenoxy) is 1. The Morgan fingerprint density at radius 2 is 2.00 bits per heavy atom. The highest BCUT2D eigenvalue weighted by atomic mass is 35.7. The molecule has 90 valence electrons. The van der Waals surface area contributed by atoms with E-state index >= 15 is 0 Å². The van der Waals surface area contributed by atoms with Gasteiger partial charge in [-0.2, -0.15) is 13.2 Å². The number of methoxy groups -OCH3 is 1. The minimum Gasteiger partial charge on any atom is -0.480 e. The van der Waals surface area contributed by atoms with Gasteiger partial charge in [0.2, 0.25) is 5.88 Å². The van der Waals surface area contributed by atoms with Gasteiger partial charge >= 0.3 is 6.18 Å². The smallest absolute Gasteiger partial charge is 0.417 e. The van der Waals surface area contributed by atoms with Crippen molar-refractivity contribution in [3.05, 3.63) is 17.8 Å². The van der Waals surface area contributed by atoms with Crippen LogP contribution in [0.2, 0.25) is 0 Å². The summed E-state index contributed by atoms with van der Waals surface area (Å²) in [5.41, 5.74) is -1.22. The van der Waals surface area contributed by atoms with Crippen molar-refractivity contribution in [3.63, 3.8) is 0 Å². The average molecular weight is 276 g/mol. The SMILES string of the molecule is COc1ncc(C(F)(F)F)cc1S(=O)(=O)Cl. The quantitative estimate of drug-likeness (QED) is 0.775. The van der Waals surface area contributed by atoms with Crippen LogP contribution in [0.5, 0.6) is 5.88 Å². The summed E-state index contributed by atoms with van der Waals surface area (Å²) in [4.78, 5) is 2.41. The average Bonchev–Trinajstić information content (AvgIpc) is 2.14. The summed E-state index contributed by atoms with van der Waals surface area (Å²) in [5, 5.41) is 0. The molecule has 4 nitrogen and oxygen atoms in total. The van der Waals surface area contributed by atoms with Crippen LogP contribution in [0.25, 0.3) is 0 Å². The summed E-state index contributed by atoms with van der Waals surface area (Å²) in [6.45, 7) is 0. The predicted molar refractivity (Wildman–Crippen MR) is 48.8 cm³/mol. The Hall–Kier alpha value is -1.02. The van der Waals surface area contributed by atoms with E-state index in [0.29, 0.717) is 12.3 Å². The van der Waals surface area contributed by atoms with Crippen LogP contribution in [0, 0.1) is 0 Å². The van der Waals surface area contributed by atoms with E-state index in [0.717, 1.165) is 7.11 Å². The van der Waals surface area contributed by atoms with Gasteiger partial charge < -0.3 is 4.74 Å². The highest BCUT2D eigenvalue weighted by Gasteiger charge is 2.33. The van der Waals surface area contributed by atoms with Crippen molar-refractivity contribution in [2.75, 3.05) is 7.11 Å². The first-order valence-corrected chi connectivity index (χ1v) is 6.03. The van der Waals surface area contributed by atoms with E-state index in [2.05, 4.69) is 9.72 Å². The molecular formula is C7H5ClF3NO3S. The van der Waals surface area contributed by atoms with E-state index in [1.165, 1.54) is 0 Å². The number of rotatable bonds is 2. The lowest BCUT2D eigenvalue weighted by Crippen LogP contribution is -2.08. The number of halogens is 4. The molecule has 0 amide bonds. The molecule has 1 aromatic heterocycles. The van der Waals surface area contributed by atoms with Crippen molar-refractivity contribution in [2.45, 2.75) is 11.1 Å². The summed E-state index contributed by atoms with van der Waals surface area (Å²) >= 11 is 0. The molecule has 0 aliphatic carbocycles. The van der Waals surface area contributed by atoms with E-state index in [4.69, 9.17) is 10.7 Å². The number of pyridine rings is 1. The summed E-state index contributed by atoms with van der Waals surface area (Å²) < 4.78 is 63.3. The van der Waals surface area contributed by atoms with E-state index in [1.54, 1.807) is 0 Å². The molecule has 0 unspecified atom stereocenters. The van der Waals surface area contributed by atoms with Gasteiger partial charge in [-0.1, -0.05) is 0 Å². The lowest BCUT2D eigenvalue weighted by atomic mass is 10.3. The molecule has 0 aliphatic heterocycles. The van der Waals surface area contributed by atoms with Crippen LogP contribution in [0.1, 0.15) is 5.56 Å². The van der Waals surface area contributed by atoms with Gasteiger partial charge in [-0.25, -0.2) is 13.4 Å². The van der Waals surface area contributed by atoms with Crippen LogP contribution in [-0.2, 0) is 15.2 Å². The predicted octanol–water partition coefficient (Wildman–Crippen LogP) is 2.04. The number of hydrogen-bond acceptors (Lipinski definition) is 4. The Kier molecular flexibility index (Phi) is 3.34. The fraction of sp³-hybridized carbons (Fsp3) is 0.286. The molecule has 0 saturated carbocycles. The summed E-state index contributed by atoms with van der Waals surface area (Å²) in [6.07, 6.45) is -4.24. The molecule has 0 fully saturated rings. The largest absolute Gasteiger partial charge is 0.480 e. The van der Waals surface area contributed by atoms with E-state index < -0.39 is 31.6 Å². The second-order valence-electron chi connectivity index (χ2n) is 2.67. The van der Waals surface area contributed by atoms with E-state index in [-0.39, 0.29) is 0 Å². The van der Waals surface area contributed by atoms with Gasteiger partial charge in [0.25, 0.3) is 9.05 Å². The van der Waals surface area contributed by atoms with E-state index in [9.17, 15) is 21.6 Å². The fourth-order valence-corrected chi connectivity index (χ4v) is 1.86. The molecule has 1 aromatic rings. The minimum absolute atomic E-state index is 0.369. The van der Waals surface area contributed by atoms with Gasteiger partial charge in [0.15, 0.2) is 0 Å². The minimum atomic E-state index is -4.70. The maximum absolute atomic E-state index is 12.3. The monoisotopic (exact) mass is 275 g/mol. The van der Waals surface area contributed by atoms with Crippen molar-refractivity contribution >= 4 is 19.7 Å². The van der Waals surface area contributed by atoms with Crippen molar-refractivity contribution in [1.29, 1.82) is 0 Å². The Morgan fingerprint density at radius 3 is 2.38 bits per heavy atom. The summed E-state index contributed by atoms with van der Waals surface area (Å²) in [6, 6.07) is 0.369. The third-order valence-electron chi connectivity index (χ3n) is 1.60. The molecule has 9 heteroatoms. The number of nitrogens with zero attached hydrogens (tertiary/aromatic N) is 1. The van der Waals surface area contributed by atoms with Gasteiger partial charge in [0.1, 0.15) is 4.90 Å². The molecule has 0 aliphatic rings. The number of hydrogen-bond donors (Lipinski definition) is 0. The Labute approximate surface area is 93.4 Å². The second kappa shape index (κ2) is 4.10. The second-order valence-corrected chi connectivity index (χ2v) is 5.20. The third-order valence-corrected chi connectivity index (χ3v) is 2.92. The van der Waals surface area contributed by atoms with Gasteiger partial charge in [0, 0.05) is 16.9 Å². The first-order chi connectivity index (χ1) is 7.16. The Balaban J connectivity index is 3.46. The Bertz CT molecular complexity index is 500. The van der Waals surface area contributed by atoms with Crippen molar-refractivity contribution in [3.8, 4) is 5.88 Å². The van der Waals surface area contributed by atoms with Crippen LogP contribution >= 0.6 is 10.7 Å². The molecule has 0 atom stereocenters. The zero-order chi connectivity index (χ0) is 12.6. The zero-order valence-corrected chi connectivity index (χ0v) is 9.32. The molecule has 1 heterocycles. The van der Waals surface area contributed by atoms with E-state index in [1.807, 2.05) is 0 Å². The highest BCUT2D eigenvalue weighted by molar-refractivity contribution is 8.13. The molecule has 1 rings (SSSR count). The maximum atomic E-state index is 12.3. The van der Waals surface area contributed by atoms with Crippen molar-refractivity contribution < 1.29 is 26.3 Å². The first-order valence-electron chi connectivity index (χ1n) is 3.72. The summed E-state index contributed by atoms with van der Waals surface area (Å²) in [7, 11) is 1.68. The number of aromatic nitrogens is 1. The molecule has 0 radical (unpaired) electrons. The maximum Gasteiger partial charge on any atom is 0.417 e. The summed E-state index contributed by atoms with van der Waals surface area (Å²) in [5.74, 6) is -0.483. The van der Waals surface area contributed by atoms with Crippen LogP contribution in [0.4, 0.5) is 13.2 Å². The van der Waals surface area contributed by atoms with Crippen LogP contribution in [-0.4, -0.2) is 20.5 Å².